The Morgan fingerprint density at radius 2 is 2.24 bits per heavy atom. The molecule has 0 bridgehead atoms. The zero-order valence-electron chi connectivity index (χ0n) is 12.5. The van der Waals surface area contributed by atoms with Gasteiger partial charge in [-0.3, -0.25) is 0 Å². The van der Waals surface area contributed by atoms with E-state index in [9.17, 15) is 15.1 Å². The van der Waals surface area contributed by atoms with E-state index in [2.05, 4.69) is 25.7 Å². The summed E-state index contributed by atoms with van der Waals surface area (Å²) in [5, 5.41) is 21.2. The number of piperidine rings is 1. The number of carbonyl (C=O) groups is 1. The fraction of sp³-hybridized carbons (Fsp3) is 0.588. The molecule has 1 saturated carbocycles. The second-order valence-corrected chi connectivity index (χ2v) is 6.62. The van der Waals surface area contributed by atoms with E-state index in [4.69, 9.17) is 0 Å². The van der Waals surface area contributed by atoms with Crippen molar-refractivity contribution in [2.24, 2.45) is 17.8 Å². The highest BCUT2D eigenvalue weighted by atomic mass is 16.5. The molecule has 5 atom stereocenters. The highest BCUT2D eigenvalue weighted by Gasteiger charge is 2.42. The predicted molar refractivity (Wildman–Crippen MR) is 80.1 cm³/mol. The Labute approximate surface area is 125 Å². The lowest BCUT2D eigenvalue weighted by Gasteiger charge is -2.32. The lowest BCUT2D eigenvalue weighted by Crippen LogP contribution is -3.11. The molecule has 0 radical (unpaired) electrons. The summed E-state index contributed by atoms with van der Waals surface area (Å²) < 4.78 is 0. The van der Waals surface area contributed by atoms with Crippen molar-refractivity contribution in [3.05, 3.63) is 40.7 Å². The summed E-state index contributed by atoms with van der Waals surface area (Å²) >= 11 is 0. The van der Waals surface area contributed by atoms with Crippen molar-refractivity contribution in [1.29, 1.82) is 0 Å². The van der Waals surface area contributed by atoms with E-state index < -0.39 is 0 Å². The summed E-state index contributed by atoms with van der Waals surface area (Å²) in [5.74, 6) is 0.00449. The summed E-state index contributed by atoms with van der Waals surface area (Å²) in [6, 6.07) is 0. The van der Waals surface area contributed by atoms with Gasteiger partial charge in [0, 0.05) is 5.92 Å². The van der Waals surface area contributed by atoms with E-state index in [1.54, 1.807) is 0 Å². The van der Waals surface area contributed by atoms with E-state index in [1.807, 2.05) is 0 Å². The quantitative estimate of drug-likeness (QED) is 0.766. The number of amides is 1. The number of aliphatic hydroxyl groups excluding tert-OH is 1. The molecular weight excluding hydrogens is 266 g/mol. The number of hydroxylamine groups is 2. The molecule has 1 amide bonds. The smallest absolute Gasteiger partial charge is 0.319 e. The Morgan fingerprint density at radius 1 is 1.52 bits per heavy atom. The van der Waals surface area contributed by atoms with Gasteiger partial charge in [-0.05, 0) is 48.3 Å². The zero-order valence-corrected chi connectivity index (χ0v) is 12.5. The number of quaternary nitrogens is 1. The molecule has 1 heterocycles. The number of hydrogen-bond donors (Lipinski definition) is 2. The van der Waals surface area contributed by atoms with E-state index in [0.29, 0.717) is 12.5 Å². The molecule has 3 rings (SSSR count). The summed E-state index contributed by atoms with van der Waals surface area (Å²) in [6.45, 7) is 6.66. The van der Waals surface area contributed by atoms with Crippen LogP contribution < -0.4 is 5.06 Å². The summed E-state index contributed by atoms with van der Waals surface area (Å²) in [4.78, 5) is 12.1. The van der Waals surface area contributed by atoms with Gasteiger partial charge >= 0.3 is 5.91 Å². The first-order chi connectivity index (χ1) is 9.99. The molecule has 2 fully saturated rings. The molecule has 0 aromatic rings. The third kappa shape index (κ3) is 2.76. The fourth-order valence-corrected chi connectivity index (χ4v) is 3.48. The molecule has 4 heteroatoms. The third-order valence-corrected chi connectivity index (χ3v) is 4.88. The number of rotatable bonds is 3. The Kier molecular flexibility index (Phi) is 3.86. The molecule has 0 aromatic heterocycles. The number of aliphatic hydroxyl groups is 1. The molecule has 1 aliphatic heterocycles. The predicted octanol–water partition coefficient (Wildman–Crippen LogP) is 1.14. The first-order valence-electron chi connectivity index (χ1n) is 7.85. The van der Waals surface area contributed by atoms with Crippen LogP contribution in [-0.2, 0) is 4.79 Å². The van der Waals surface area contributed by atoms with Crippen LogP contribution in [0, 0.1) is 23.0 Å². The SMILES string of the molecule is C=C(C1=CCC(C)C=C1C1CC1O)C1CCC[NH+]([O-])C1=O. The van der Waals surface area contributed by atoms with Crippen molar-refractivity contribution in [2.75, 3.05) is 6.54 Å². The average molecular weight is 289 g/mol. The van der Waals surface area contributed by atoms with Gasteiger partial charge in [-0.2, -0.15) is 0 Å². The average Bonchev–Trinajstić information content (AvgIpc) is 3.18. The highest BCUT2D eigenvalue weighted by molar-refractivity contribution is 5.76. The normalized spacial score (nSPS) is 39.6. The van der Waals surface area contributed by atoms with Crippen LogP contribution in [0.25, 0.3) is 0 Å². The number of carbonyl (C=O) groups excluding carboxylic acids is 1. The van der Waals surface area contributed by atoms with E-state index in [1.165, 1.54) is 0 Å². The van der Waals surface area contributed by atoms with Crippen molar-refractivity contribution in [3.8, 4) is 0 Å². The van der Waals surface area contributed by atoms with E-state index >= 15 is 0 Å². The van der Waals surface area contributed by atoms with Crippen molar-refractivity contribution in [1.82, 2.24) is 0 Å². The lowest BCUT2D eigenvalue weighted by atomic mass is 9.79. The van der Waals surface area contributed by atoms with Gasteiger partial charge in [0.05, 0.1) is 18.6 Å². The maximum Gasteiger partial charge on any atom is 0.319 e. The minimum absolute atomic E-state index is 0.185. The molecule has 3 aliphatic rings. The van der Waals surface area contributed by atoms with Crippen molar-refractivity contribution in [2.45, 2.75) is 38.7 Å². The third-order valence-electron chi connectivity index (χ3n) is 4.88. The highest BCUT2D eigenvalue weighted by Crippen LogP contribution is 2.46. The molecule has 5 unspecified atom stereocenters. The molecule has 1 saturated heterocycles. The minimum atomic E-state index is -0.356. The monoisotopic (exact) mass is 289 g/mol. The maximum atomic E-state index is 12.1. The van der Waals surface area contributed by atoms with Gasteiger partial charge in [0.15, 0.2) is 0 Å². The summed E-state index contributed by atoms with van der Waals surface area (Å²) in [6.07, 6.45) is 7.29. The van der Waals surface area contributed by atoms with Crippen molar-refractivity contribution < 1.29 is 15.0 Å². The lowest BCUT2D eigenvalue weighted by molar-refractivity contribution is -0.771. The maximum absolute atomic E-state index is 12.1. The Hall–Kier alpha value is -1.23. The first kappa shape index (κ1) is 14.7. The van der Waals surface area contributed by atoms with Gasteiger partial charge in [0.1, 0.15) is 0 Å². The number of hydrogen-bond acceptors (Lipinski definition) is 3. The molecule has 0 aromatic carbocycles. The van der Waals surface area contributed by atoms with Crippen LogP contribution in [0.15, 0.2) is 35.5 Å². The molecule has 2 N–H and O–H groups in total. The zero-order chi connectivity index (χ0) is 15.1. The second-order valence-electron chi connectivity index (χ2n) is 6.62. The van der Waals surface area contributed by atoms with Gasteiger partial charge in [-0.1, -0.05) is 25.7 Å². The van der Waals surface area contributed by atoms with E-state index in [-0.39, 0.29) is 28.9 Å². The largest absolute Gasteiger partial charge is 0.627 e. The standard InChI is InChI=1S/C17H23NO3/c1-10-5-6-12(14(8-10)15-9-16(15)19)11(2)13-4-3-7-18(21)17(13)20/h6,8,10,13,15-16,18-19H,2-5,7,9H2,1H3. The van der Waals surface area contributed by atoms with Crippen molar-refractivity contribution >= 4 is 5.91 Å². The van der Waals surface area contributed by atoms with Crippen molar-refractivity contribution in [3.63, 3.8) is 0 Å². The molecule has 2 aliphatic carbocycles. The van der Waals surface area contributed by atoms with Crippen LogP contribution in [0.1, 0.15) is 32.6 Å². The second kappa shape index (κ2) is 5.52. The van der Waals surface area contributed by atoms with Gasteiger partial charge in [-0.15, -0.1) is 0 Å². The molecule has 0 spiro atoms. The Bertz CT molecular complexity index is 534. The molecule has 114 valence electrons. The van der Waals surface area contributed by atoms with Crippen LogP contribution >= 0.6 is 0 Å². The van der Waals surface area contributed by atoms with Crippen LogP contribution in [0.4, 0.5) is 0 Å². The van der Waals surface area contributed by atoms with Crippen LogP contribution in [0.2, 0.25) is 0 Å². The molecule has 4 nitrogen and oxygen atoms in total. The first-order valence-corrected chi connectivity index (χ1v) is 7.85. The molecular formula is C17H23NO3. The van der Waals surface area contributed by atoms with E-state index in [0.717, 1.165) is 42.4 Å². The fourth-order valence-electron chi connectivity index (χ4n) is 3.48. The van der Waals surface area contributed by atoms with Gasteiger partial charge in [0.2, 0.25) is 0 Å². The Morgan fingerprint density at radius 3 is 2.90 bits per heavy atom. The minimum Gasteiger partial charge on any atom is -0.627 e. The summed E-state index contributed by atoms with van der Waals surface area (Å²) in [7, 11) is 0. The van der Waals surface area contributed by atoms with Crippen LogP contribution in [0.5, 0.6) is 0 Å². The van der Waals surface area contributed by atoms with Gasteiger partial charge in [-0.25, -0.2) is 4.79 Å². The number of nitrogens with one attached hydrogen (secondary N) is 1. The topological polar surface area (TPSA) is 64.8 Å². The molecule has 21 heavy (non-hydrogen) atoms. The van der Waals surface area contributed by atoms with Crippen LogP contribution in [0.3, 0.4) is 0 Å². The van der Waals surface area contributed by atoms with Gasteiger partial charge in [0.25, 0.3) is 0 Å². The number of allylic oxidation sites excluding steroid dienone is 3. The summed E-state index contributed by atoms with van der Waals surface area (Å²) in [5.41, 5.74) is 2.94. The van der Waals surface area contributed by atoms with Crippen LogP contribution in [-0.4, -0.2) is 23.7 Å². The van der Waals surface area contributed by atoms with Gasteiger partial charge < -0.3 is 15.4 Å². The Balaban J connectivity index is 1.83.